The maximum absolute atomic E-state index is 9.82. The standard InChI is InChI=1S/C15H24ClNO2/c1-4-15(2,3)17-9-14(18)11-19-10-12-5-7-13(16)8-6-12/h5-8,14,17-18H,4,9-11H2,1-3H3. The van der Waals surface area contributed by atoms with E-state index in [0.717, 1.165) is 17.0 Å². The van der Waals surface area contributed by atoms with E-state index in [1.54, 1.807) is 0 Å². The Morgan fingerprint density at radius 3 is 2.53 bits per heavy atom. The summed E-state index contributed by atoms with van der Waals surface area (Å²) in [5.41, 5.74) is 1.11. The number of aliphatic hydroxyl groups is 1. The Bertz CT molecular complexity index is 365. The summed E-state index contributed by atoms with van der Waals surface area (Å²) in [6.45, 7) is 7.72. The highest BCUT2D eigenvalue weighted by molar-refractivity contribution is 6.30. The Hall–Kier alpha value is -0.610. The van der Waals surface area contributed by atoms with Gasteiger partial charge in [-0.1, -0.05) is 30.7 Å². The molecule has 1 rings (SSSR count). The van der Waals surface area contributed by atoms with E-state index in [0.29, 0.717) is 19.8 Å². The molecule has 1 unspecified atom stereocenters. The molecule has 0 radical (unpaired) electrons. The van der Waals surface area contributed by atoms with Crippen molar-refractivity contribution in [3.8, 4) is 0 Å². The molecule has 108 valence electrons. The third kappa shape index (κ3) is 6.92. The van der Waals surface area contributed by atoms with Crippen LogP contribution < -0.4 is 5.32 Å². The van der Waals surface area contributed by atoms with Gasteiger partial charge in [0.05, 0.1) is 19.3 Å². The second-order valence-electron chi connectivity index (χ2n) is 5.41. The number of hydrogen-bond donors (Lipinski definition) is 2. The van der Waals surface area contributed by atoms with Gasteiger partial charge >= 0.3 is 0 Å². The maximum atomic E-state index is 9.82. The Kier molecular flexibility index (Phi) is 6.80. The van der Waals surface area contributed by atoms with Gasteiger partial charge in [-0.3, -0.25) is 0 Å². The molecule has 0 saturated carbocycles. The minimum absolute atomic E-state index is 0.0527. The smallest absolute Gasteiger partial charge is 0.0898 e. The van der Waals surface area contributed by atoms with Gasteiger partial charge in [-0.15, -0.1) is 0 Å². The normalized spacial score (nSPS) is 13.5. The quantitative estimate of drug-likeness (QED) is 0.771. The average molecular weight is 286 g/mol. The summed E-state index contributed by atoms with van der Waals surface area (Å²) in [7, 11) is 0. The van der Waals surface area contributed by atoms with E-state index in [1.165, 1.54) is 0 Å². The first kappa shape index (κ1) is 16.4. The SMILES string of the molecule is CCC(C)(C)NCC(O)COCc1ccc(Cl)cc1. The summed E-state index contributed by atoms with van der Waals surface area (Å²) >= 11 is 5.80. The van der Waals surface area contributed by atoms with Crippen molar-refractivity contribution in [2.24, 2.45) is 0 Å². The average Bonchev–Trinajstić information content (AvgIpc) is 2.39. The third-order valence-electron chi connectivity index (χ3n) is 3.19. The van der Waals surface area contributed by atoms with Gasteiger partial charge in [0.15, 0.2) is 0 Å². The summed E-state index contributed by atoms with van der Waals surface area (Å²) < 4.78 is 5.49. The molecule has 4 heteroatoms. The fraction of sp³-hybridized carbons (Fsp3) is 0.600. The molecule has 0 aromatic heterocycles. The maximum Gasteiger partial charge on any atom is 0.0898 e. The molecular formula is C15H24ClNO2. The van der Waals surface area contributed by atoms with Crippen molar-refractivity contribution in [1.82, 2.24) is 5.32 Å². The molecular weight excluding hydrogens is 262 g/mol. The van der Waals surface area contributed by atoms with Gasteiger partial charge in [-0.25, -0.2) is 0 Å². The fourth-order valence-electron chi connectivity index (χ4n) is 1.47. The van der Waals surface area contributed by atoms with E-state index < -0.39 is 6.10 Å². The summed E-state index contributed by atoms with van der Waals surface area (Å²) in [5, 5.41) is 13.9. The molecule has 19 heavy (non-hydrogen) atoms. The summed E-state index contributed by atoms with van der Waals surface area (Å²) in [6, 6.07) is 7.52. The zero-order chi connectivity index (χ0) is 14.3. The highest BCUT2D eigenvalue weighted by Crippen LogP contribution is 2.10. The summed E-state index contributed by atoms with van der Waals surface area (Å²) in [4.78, 5) is 0. The number of ether oxygens (including phenoxy) is 1. The molecule has 2 N–H and O–H groups in total. The molecule has 1 atom stereocenters. The van der Waals surface area contributed by atoms with Crippen LogP contribution in [0.15, 0.2) is 24.3 Å². The van der Waals surface area contributed by atoms with Crippen LogP contribution >= 0.6 is 11.6 Å². The molecule has 3 nitrogen and oxygen atoms in total. The largest absolute Gasteiger partial charge is 0.389 e. The van der Waals surface area contributed by atoms with E-state index in [-0.39, 0.29) is 5.54 Å². The van der Waals surface area contributed by atoms with Gasteiger partial charge in [0.1, 0.15) is 0 Å². The predicted octanol–water partition coefficient (Wildman–Crippen LogP) is 3.00. The van der Waals surface area contributed by atoms with E-state index in [4.69, 9.17) is 16.3 Å². The number of halogens is 1. The molecule has 0 amide bonds. The van der Waals surface area contributed by atoms with Crippen LogP contribution in [-0.2, 0) is 11.3 Å². The first-order valence-electron chi connectivity index (χ1n) is 6.68. The second kappa shape index (κ2) is 7.85. The summed E-state index contributed by atoms with van der Waals surface area (Å²) in [5.74, 6) is 0. The number of benzene rings is 1. The lowest BCUT2D eigenvalue weighted by atomic mass is 10.0. The minimum Gasteiger partial charge on any atom is -0.389 e. The Morgan fingerprint density at radius 2 is 1.95 bits per heavy atom. The Balaban J connectivity index is 2.20. The lowest BCUT2D eigenvalue weighted by Crippen LogP contribution is -2.43. The minimum atomic E-state index is -0.488. The monoisotopic (exact) mass is 285 g/mol. The number of rotatable bonds is 8. The first-order valence-corrected chi connectivity index (χ1v) is 7.06. The van der Waals surface area contributed by atoms with Crippen molar-refractivity contribution >= 4 is 11.6 Å². The third-order valence-corrected chi connectivity index (χ3v) is 3.44. The molecule has 0 aliphatic carbocycles. The molecule has 0 aliphatic rings. The number of hydrogen-bond acceptors (Lipinski definition) is 3. The molecule has 0 bridgehead atoms. The zero-order valence-electron chi connectivity index (χ0n) is 11.9. The molecule has 0 spiro atoms. The number of β-amino-alcohol motifs (C(OH)–C–C–N with tert-alkyl or cyclic N) is 1. The second-order valence-corrected chi connectivity index (χ2v) is 5.85. The van der Waals surface area contributed by atoms with Crippen LogP contribution in [0.5, 0.6) is 0 Å². The molecule has 0 fully saturated rings. The van der Waals surface area contributed by atoms with Crippen LogP contribution in [0.3, 0.4) is 0 Å². The van der Waals surface area contributed by atoms with E-state index in [9.17, 15) is 5.11 Å². The van der Waals surface area contributed by atoms with Gasteiger partial charge in [0.25, 0.3) is 0 Å². The first-order chi connectivity index (χ1) is 8.93. The van der Waals surface area contributed by atoms with E-state index in [2.05, 4.69) is 26.1 Å². The highest BCUT2D eigenvalue weighted by atomic mass is 35.5. The van der Waals surface area contributed by atoms with Crippen molar-refractivity contribution in [2.75, 3.05) is 13.2 Å². The molecule has 0 saturated heterocycles. The van der Waals surface area contributed by atoms with Crippen LogP contribution in [0.25, 0.3) is 0 Å². The molecule has 0 heterocycles. The highest BCUT2D eigenvalue weighted by Gasteiger charge is 2.15. The van der Waals surface area contributed by atoms with Gasteiger partial charge < -0.3 is 15.2 Å². The number of nitrogens with one attached hydrogen (secondary N) is 1. The van der Waals surface area contributed by atoms with Gasteiger partial charge in [0.2, 0.25) is 0 Å². The number of aliphatic hydroxyl groups excluding tert-OH is 1. The van der Waals surface area contributed by atoms with E-state index >= 15 is 0 Å². The topological polar surface area (TPSA) is 41.5 Å². The van der Waals surface area contributed by atoms with Crippen molar-refractivity contribution in [2.45, 2.75) is 45.4 Å². The van der Waals surface area contributed by atoms with Gasteiger partial charge in [-0.05, 0) is 38.0 Å². The van der Waals surface area contributed by atoms with Crippen LogP contribution in [0, 0.1) is 0 Å². The van der Waals surface area contributed by atoms with Crippen LogP contribution in [0.2, 0.25) is 5.02 Å². The molecule has 1 aromatic rings. The van der Waals surface area contributed by atoms with Crippen molar-refractivity contribution in [3.05, 3.63) is 34.9 Å². The van der Waals surface area contributed by atoms with Crippen molar-refractivity contribution in [1.29, 1.82) is 0 Å². The predicted molar refractivity (Wildman–Crippen MR) is 79.5 cm³/mol. The zero-order valence-corrected chi connectivity index (χ0v) is 12.7. The van der Waals surface area contributed by atoms with E-state index in [1.807, 2.05) is 24.3 Å². The lowest BCUT2D eigenvalue weighted by Gasteiger charge is -2.26. The van der Waals surface area contributed by atoms with Crippen LogP contribution in [0.4, 0.5) is 0 Å². The Labute approximate surface area is 120 Å². The Morgan fingerprint density at radius 1 is 1.32 bits per heavy atom. The molecule has 1 aromatic carbocycles. The van der Waals surface area contributed by atoms with Gasteiger partial charge in [-0.2, -0.15) is 0 Å². The van der Waals surface area contributed by atoms with Crippen LogP contribution in [-0.4, -0.2) is 29.9 Å². The molecule has 0 aliphatic heterocycles. The van der Waals surface area contributed by atoms with Crippen molar-refractivity contribution < 1.29 is 9.84 Å². The van der Waals surface area contributed by atoms with Gasteiger partial charge in [0, 0.05) is 17.1 Å². The fourth-order valence-corrected chi connectivity index (χ4v) is 1.60. The summed E-state index contributed by atoms with van der Waals surface area (Å²) in [6.07, 6.45) is 0.531. The van der Waals surface area contributed by atoms with Crippen LogP contribution in [0.1, 0.15) is 32.8 Å². The van der Waals surface area contributed by atoms with Crippen molar-refractivity contribution in [3.63, 3.8) is 0 Å². The lowest BCUT2D eigenvalue weighted by molar-refractivity contribution is 0.0256.